The first kappa shape index (κ1) is 21.0. The van der Waals surface area contributed by atoms with Gasteiger partial charge in [0.25, 0.3) is 5.56 Å². The Kier molecular flexibility index (Phi) is 6.98. The first-order valence-electron chi connectivity index (χ1n) is 10.0. The van der Waals surface area contributed by atoms with Gasteiger partial charge in [-0.05, 0) is 38.4 Å². The van der Waals surface area contributed by atoms with Crippen LogP contribution in [-0.4, -0.2) is 61.4 Å². The molecule has 1 aromatic heterocycles. The van der Waals surface area contributed by atoms with Crippen LogP contribution < -0.4 is 25.6 Å². The topological polar surface area (TPSA) is 79.8 Å². The maximum absolute atomic E-state index is 11.8. The standard InChI is InChI=1S/C21H30N4O4/c1-16-15-25(21(27)22-20(16)26)9-5-4-8-23-10-12-24(13-11-23)18-7-6-17(28-2)14-19(18)29-3/h6-7,14-15H,4-5,8-13H2,1-3H3,(H,22,26,27). The molecule has 0 bridgehead atoms. The molecule has 1 saturated heterocycles. The molecule has 1 N–H and O–H groups in total. The summed E-state index contributed by atoms with van der Waals surface area (Å²) in [6.07, 6.45) is 3.55. The number of hydrogen-bond acceptors (Lipinski definition) is 6. The van der Waals surface area contributed by atoms with Crippen molar-refractivity contribution in [2.24, 2.45) is 0 Å². The normalized spacial score (nSPS) is 14.8. The number of aromatic nitrogens is 2. The van der Waals surface area contributed by atoms with Crippen LogP contribution in [0, 0.1) is 6.92 Å². The van der Waals surface area contributed by atoms with Gasteiger partial charge in [-0.1, -0.05) is 0 Å². The predicted octanol–water partition coefficient (Wildman–Crippen LogP) is 1.46. The third kappa shape index (κ3) is 5.20. The molecule has 0 unspecified atom stereocenters. The van der Waals surface area contributed by atoms with E-state index in [1.807, 2.05) is 12.1 Å². The summed E-state index contributed by atoms with van der Waals surface area (Å²) in [4.78, 5) is 30.4. The Morgan fingerprint density at radius 3 is 2.41 bits per heavy atom. The number of aryl methyl sites for hydroxylation is 2. The summed E-state index contributed by atoms with van der Waals surface area (Å²) < 4.78 is 12.4. The Morgan fingerprint density at radius 1 is 1.00 bits per heavy atom. The summed E-state index contributed by atoms with van der Waals surface area (Å²) in [5, 5.41) is 0. The fourth-order valence-corrected chi connectivity index (χ4v) is 3.66. The van der Waals surface area contributed by atoms with Crippen LogP contribution in [0.1, 0.15) is 18.4 Å². The highest BCUT2D eigenvalue weighted by atomic mass is 16.5. The molecule has 0 saturated carbocycles. The van der Waals surface area contributed by atoms with Crippen LogP contribution in [0.3, 0.4) is 0 Å². The number of unbranched alkanes of at least 4 members (excludes halogenated alkanes) is 1. The second-order valence-electron chi connectivity index (χ2n) is 7.34. The van der Waals surface area contributed by atoms with Crippen molar-refractivity contribution in [3.63, 3.8) is 0 Å². The van der Waals surface area contributed by atoms with Crippen LogP contribution in [0.2, 0.25) is 0 Å². The van der Waals surface area contributed by atoms with Gasteiger partial charge in [-0.2, -0.15) is 0 Å². The maximum Gasteiger partial charge on any atom is 0.328 e. The number of H-pyrrole nitrogens is 1. The zero-order valence-corrected chi connectivity index (χ0v) is 17.4. The fourth-order valence-electron chi connectivity index (χ4n) is 3.66. The maximum atomic E-state index is 11.8. The molecular weight excluding hydrogens is 372 g/mol. The molecule has 1 aromatic carbocycles. The first-order valence-corrected chi connectivity index (χ1v) is 10.0. The van der Waals surface area contributed by atoms with E-state index in [0.29, 0.717) is 12.1 Å². The second kappa shape index (κ2) is 9.65. The Balaban J connectivity index is 1.45. The molecule has 0 atom stereocenters. The molecule has 3 rings (SSSR count). The van der Waals surface area contributed by atoms with Crippen LogP contribution in [-0.2, 0) is 6.54 Å². The van der Waals surface area contributed by atoms with E-state index in [4.69, 9.17) is 9.47 Å². The van der Waals surface area contributed by atoms with Crippen LogP contribution in [0.15, 0.2) is 34.0 Å². The minimum atomic E-state index is -0.331. The number of anilines is 1. The number of nitrogens with one attached hydrogen (secondary N) is 1. The summed E-state index contributed by atoms with van der Waals surface area (Å²) >= 11 is 0. The smallest absolute Gasteiger partial charge is 0.328 e. The van der Waals surface area contributed by atoms with E-state index in [-0.39, 0.29) is 11.2 Å². The van der Waals surface area contributed by atoms with Gasteiger partial charge >= 0.3 is 5.69 Å². The third-order valence-corrected chi connectivity index (χ3v) is 5.41. The van der Waals surface area contributed by atoms with E-state index in [0.717, 1.165) is 62.8 Å². The second-order valence-corrected chi connectivity index (χ2v) is 7.34. The molecule has 0 amide bonds. The van der Waals surface area contributed by atoms with Gasteiger partial charge in [0.2, 0.25) is 0 Å². The molecule has 29 heavy (non-hydrogen) atoms. The molecule has 0 aliphatic carbocycles. The van der Waals surface area contributed by atoms with Crippen molar-refractivity contribution in [3.8, 4) is 11.5 Å². The van der Waals surface area contributed by atoms with E-state index in [1.54, 1.807) is 31.9 Å². The van der Waals surface area contributed by atoms with Crippen LogP contribution >= 0.6 is 0 Å². The Morgan fingerprint density at radius 2 is 1.72 bits per heavy atom. The van der Waals surface area contributed by atoms with E-state index < -0.39 is 0 Å². The molecule has 2 aromatic rings. The average Bonchev–Trinajstić information content (AvgIpc) is 2.74. The van der Waals surface area contributed by atoms with E-state index in [9.17, 15) is 9.59 Å². The van der Waals surface area contributed by atoms with E-state index in [1.165, 1.54) is 0 Å². The highest BCUT2D eigenvalue weighted by molar-refractivity contribution is 5.61. The number of piperazine rings is 1. The lowest BCUT2D eigenvalue weighted by atomic mass is 10.2. The molecule has 2 heterocycles. The molecule has 0 radical (unpaired) electrons. The zero-order chi connectivity index (χ0) is 20.8. The minimum absolute atomic E-state index is 0.308. The molecule has 1 aliphatic rings. The van der Waals surface area contributed by atoms with Crippen molar-refractivity contribution < 1.29 is 9.47 Å². The Bertz CT molecular complexity index is 929. The van der Waals surface area contributed by atoms with Crippen LogP contribution in [0.25, 0.3) is 0 Å². The highest BCUT2D eigenvalue weighted by Crippen LogP contribution is 2.32. The molecule has 1 aliphatic heterocycles. The van der Waals surface area contributed by atoms with Crippen molar-refractivity contribution in [2.75, 3.05) is 51.8 Å². The Labute approximate surface area is 170 Å². The van der Waals surface area contributed by atoms with Crippen molar-refractivity contribution in [1.82, 2.24) is 14.5 Å². The SMILES string of the molecule is COc1ccc(N2CCN(CCCCn3cc(C)c(=O)[nH]c3=O)CC2)c(OC)c1. The van der Waals surface area contributed by atoms with Crippen molar-refractivity contribution in [1.29, 1.82) is 0 Å². The van der Waals surface area contributed by atoms with Gasteiger partial charge in [0.05, 0.1) is 19.9 Å². The number of methoxy groups -OCH3 is 2. The fraction of sp³-hybridized carbons (Fsp3) is 0.524. The Hall–Kier alpha value is -2.74. The quantitative estimate of drug-likeness (QED) is 0.674. The third-order valence-electron chi connectivity index (χ3n) is 5.41. The summed E-state index contributed by atoms with van der Waals surface area (Å²) in [5.74, 6) is 1.63. The van der Waals surface area contributed by atoms with Gasteiger partial charge in [-0.25, -0.2) is 4.79 Å². The van der Waals surface area contributed by atoms with Crippen molar-refractivity contribution in [2.45, 2.75) is 26.3 Å². The van der Waals surface area contributed by atoms with Gasteiger partial charge in [0.1, 0.15) is 11.5 Å². The lowest BCUT2D eigenvalue weighted by Crippen LogP contribution is -2.46. The monoisotopic (exact) mass is 402 g/mol. The number of benzene rings is 1. The molecule has 8 nitrogen and oxygen atoms in total. The largest absolute Gasteiger partial charge is 0.497 e. The average molecular weight is 402 g/mol. The summed E-state index contributed by atoms with van der Waals surface area (Å²) in [6, 6.07) is 5.93. The van der Waals surface area contributed by atoms with Gasteiger partial charge in [-0.15, -0.1) is 0 Å². The number of nitrogens with zero attached hydrogens (tertiary/aromatic N) is 3. The van der Waals surface area contributed by atoms with Gasteiger partial charge < -0.3 is 18.9 Å². The molecule has 8 heteroatoms. The molecule has 158 valence electrons. The highest BCUT2D eigenvalue weighted by Gasteiger charge is 2.19. The molecule has 0 spiro atoms. The summed E-state index contributed by atoms with van der Waals surface area (Å²) in [7, 11) is 3.34. The summed E-state index contributed by atoms with van der Waals surface area (Å²) in [5.41, 5.74) is 1.02. The molecular formula is C21H30N4O4. The summed E-state index contributed by atoms with van der Waals surface area (Å²) in [6.45, 7) is 7.22. The lowest BCUT2D eigenvalue weighted by Gasteiger charge is -2.36. The van der Waals surface area contributed by atoms with Crippen LogP contribution in [0.4, 0.5) is 5.69 Å². The molecule has 1 fully saturated rings. The van der Waals surface area contributed by atoms with Crippen LogP contribution in [0.5, 0.6) is 11.5 Å². The first-order chi connectivity index (χ1) is 14.0. The van der Waals surface area contributed by atoms with Gasteiger partial charge in [0.15, 0.2) is 0 Å². The number of hydrogen-bond donors (Lipinski definition) is 1. The van der Waals surface area contributed by atoms with Gasteiger partial charge in [0, 0.05) is 50.6 Å². The van der Waals surface area contributed by atoms with Crippen molar-refractivity contribution in [3.05, 3.63) is 50.8 Å². The number of aromatic amines is 1. The number of ether oxygens (including phenoxy) is 2. The van der Waals surface area contributed by atoms with Crippen molar-refractivity contribution >= 4 is 5.69 Å². The zero-order valence-electron chi connectivity index (χ0n) is 17.4. The van der Waals surface area contributed by atoms with E-state index >= 15 is 0 Å². The lowest BCUT2D eigenvalue weighted by molar-refractivity contribution is 0.250. The predicted molar refractivity (Wildman–Crippen MR) is 113 cm³/mol. The number of rotatable bonds is 8. The minimum Gasteiger partial charge on any atom is -0.497 e. The van der Waals surface area contributed by atoms with E-state index in [2.05, 4.69) is 20.9 Å². The van der Waals surface area contributed by atoms with Gasteiger partial charge in [-0.3, -0.25) is 14.7 Å².